The van der Waals surface area contributed by atoms with E-state index in [4.69, 9.17) is 9.72 Å². The van der Waals surface area contributed by atoms with Gasteiger partial charge in [0.2, 0.25) is 0 Å². The number of carbonyl (C=O) groups is 1. The number of hydrogen-bond acceptors (Lipinski definition) is 7. The van der Waals surface area contributed by atoms with Gasteiger partial charge in [0.1, 0.15) is 22.9 Å². The molecular weight excluding hydrogens is 509 g/mol. The highest BCUT2D eigenvalue weighted by Crippen LogP contribution is 2.37. The van der Waals surface area contributed by atoms with E-state index in [0.717, 1.165) is 33.5 Å². The Balaban J connectivity index is 1.46. The zero-order valence-electron chi connectivity index (χ0n) is 23.8. The van der Waals surface area contributed by atoms with Gasteiger partial charge in [-0.3, -0.25) is 0 Å². The van der Waals surface area contributed by atoms with Gasteiger partial charge in [-0.1, -0.05) is 13.8 Å². The lowest BCUT2D eigenvalue weighted by atomic mass is 10.1. The van der Waals surface area contributed by atoms with Crippen molar-refractivity contribution in [1.29, 1.82) is 0 Å². The van der Waals surface area contributed by atoms with Crippen LogP contribution in [0.3, 0.4) is 0 Å². The minimum atomic E-state index is -0.535. The van der Waals surface area contributed by atoms with E-state index in [1.54, 1.807) is 23.2 Å². The Bertz CT molecular complexity index is 1510. The molecule has 0 spiro atoms. The van der Waals surface area contributed by atoms with Gasteiger partial charge in [-0.15, -0.1) is 0 Å². The summed E-state index contributed by atoms with van der Waals surface area (Å²) in [6, 6.07) is 8.16. The van der Waals surface area contributed by atoms with Gasteiger partial charge in [-0.05, 0) is 63.9 Å². The second-order valence-corrected chi connectivity index (χ2v) is 11.5. The number of fused-ring (bicyclic) bond motifs is 1. The number of aromatic nitrogens is 4. The standard InChI is InChI=1S/C30H36FN7O2/c1-18(2)22-15-33-26(20-7-9-21(31)10-8-20)36-27(22)35-23-11-12-32-28-25(23)24(16-34-28)38-14-13-37(17-19(38)3)29(39)40-30(4,5)6/h7-12,15-16,18-19H,13-14,17H2,1-6H3,(H2,32,33,34,35,36). The molecule has 40 heavy (non-hydrogen) atoms. The average Bonchev–Trinajstić information content (AvgIpc) is 3.33. The number of H-pyrrole nitrogens is 1. The molecule has 4 aromatic rings. The van der Waals surface area contributed by atoms with Gasteiger partial charge in [0.05, 0.1) is 16.8 Å². The Kier molecular flexibility index (Phi) is 7.35. The van der Waals surface area contributed by atoms with Crippen LogP contribution in [0.4, 0.5) is 26.4 Å². The Morgan fingerprint density at radius 1 is 1.15 bits per heavy atom. The lowest BCUT2D eigenvalue weighted by Crippen LogP contribution is -2.54. The van der Waals surface area contributed by atoms with Crippen molar-refractivity contribution in [2.24, 2.45) is 0 Å². The molecule has 5 rings (SSSR count). The molecular formula is C30H36FN7O2. The van der Waals surface area contributed by atoms with E-state index in [0.29, 0.717) is 31.3 Å². The van der Waals surface area contributed by atoms with Gasteiger partial charge in [0, 0.05) is 55.4 Å². The number of pyridine rings is 1. The van der Waals surface area contributed by atoms with Crippen molar-refractivity contribution in [3.63, 3.8) is 0 Å². The van der Waals surface area contributed by atoms with Crippen molar-refractivity contribution >= 4 is 34.3 Å². The molecule has 0 bridgehead atoms. The number of nitrogens with zero attached hydrogens (tertiary/aromatic N) is 5. The van der Waals surface area contributed by atoms with E-state index in [1.807, 2.05) is 39.2 Å². The summed E-state index contributed by atoms with van der Waals surface area (Å²) in [5.41, 5.74) is 3.77. The number of benzene rings is 1. The molecule has 0 saturated carbocycles. The van der Waals surface area contributed by atoms with Crippen LogP contribution >= 0.6 is 0 Å². The molecule has 3 aromatic heterocycles. The minimum absolute atomic E-state index is 0.0590. The number of hydrogen-bond donors (Lipinski definition) is 2. The molecule has 1 amide bonds. The van der Waals surface area contributed by atoms with Crippen molar-refractivity contribution in [3.05, 3.63) is 60.3 Å². The van der Waals surface area contributed by atoms with E-state index in [9.17, 15) is 9.18 Å². The zero-order chi connectivity index (χ0) is 28.6. The largest absolute Gasteiger partial charge is 0.444 e. The second-order valence-electron chi connectivity index (χ2n) is 11.5. The molecule has 1 aliphatic rings. The van der Waals surface area contributed by atoms with Crippen molar-refractivity contribution in [3.8, 4) is 11.4 Å². The fourth-order valence-corrected chi connectivity index (χ4v) is 4.96. The van der Waals surface area contributed by atoms with E-state index in [1.165, 1.54) is 12.1 Å². The maximum absolute atomic E-state index is 13.5. The Morgan fingerprint density at radius 3 is 2.58 bits per heavy atom. The summed E-state index contributed by atoms with van der Waals surface area (Å²) in [5, 5.41) is 4.50. The van der Waals surface area contributed by atoms with Gasteiger partial charge >= 0.3 is 6.09 Å². The van der Waals surface area contributed by atoms with Crippen LogP contribution in [0.5, 0.6) is 0 Å². The quantitative estimate of drug-likeness (QED) is 0.296. The fraction of sp³-hybridized carbons (Fsp3) is 0.400. The summed E-state index contributed by atoms with van der Waals surface area (Å²) in [6.45, 7) is 13.7. The first-order valence-corrected chi connectivity index (χ1v) is 13.6. The molecule has 1 unspecified atom stereocenters. The Morgan fingerprint density at radius 2 is 1.90 bits per heavy atom. The number of anilines is 3. The monoisotopic (exact) mass is 545 g/mol. The maximum Gasteiger partial charge on any atom is 0.410 e. The van der Waals surface area contributed by atoms with Gasteiger partial charge < -0.3 is 24.8 Å². The predicted octanol–water partition coefficient (Wildman–Crippen LogP) is 6.47. The van der Waals surface area contributed by atoms with Gasteiger partial charge in [0.15, 0.2) is 5.82 Å². The molecule has 2 N–H and O–H groups in total. The zero-order valence-corrected chi connectivity index (χ0v) is 23.8. The summed E-state index contributed by atoms with van der Waals surface area (Å²) in [5.74, 6) is 1.07. The Hall–Kier alpha value is -4.21. The highest BCUT2D eigenvalue weighted by atomic mass is 19.1. The third kappa shape index (κ3) is 5.71. The van der Waals surface area contributed by atoms with Crippen molar-refractivity contribution in [1.82, 2.24) is 24.8 Å². The summed E-state index contributed by atoms with van der Waals surface area (Å²) >= 11 is 0. The smallest absolute Gasteiger partial charge is 0.410 e. The first-order chi connectivity index (χ1) is 19.0. The molecule has 210 valence electrons. The van der Waals surface area contributed by atoms with Crippen molar-refractivity contribution in [2.45, 2.75) is 59.1 Å². The van der Waals surface area contributed by atoms with Crippen LogP contribution in [0.1, 0.15) is 53.0 Å². The summed E-state index contributed by atoms with van der Waals surface area (Å²) in [7, 11) is 0. The van der Waals surface area contributed by atoms with E-state index < -0.39 is 5.60 Å². The molecule has 1 aliphatic heterocycles. The molecule has 10 heteroatoms. The van der Waals surface area contributed by atoms with Crippen molar-refractivity contribution < 1.29 is 13.9 Å². The number of amides is 1. The van der Waals surface area contributed by atoms with Crippen LogP contribution in [0.25, 0.3) is 22.4 Å². The highest BCUT2D eigenvalue weighted by molar-refractivity contribution is 6.01. The summed E-state index contributed by atoms with van der Waals surface area (Å²) in [6.07, 6.45) is 5.26. The van der Waals surface area contributed by atoms with Crippen LogP contribution in [-0.4, -0.2) is 62.2 Å². The lowest BCUT2D eigenvalue weighted by Gasteiger charge is -2.41. The molecule has 1 atom stereocenters. The first-order valence-electron chi connectivity index (χ1n) is 13.6. The fourth-order valence-electron chi connectivity index (χ4n) is 4.96. The third-order valence-corrected chi connectivity index (χ3v) is 6.94. The number of aromatic amines is 1. The van der Waals surface area contributed by atoms with Crippen LogP contribution in [0.15, 0.2) is 48.9 Å². The van der Waals surface area contributed by atoms with E-state index in [-0.39, 0.29) is 23.9 Å². The number of ether oxygens (including phenoxy) is 1. The lowest BCUT2D eigenvalue weighted by molar-refractivity contribution is 0.0219. The number of nitrogens with one attached hydrogen (secondary N) is 2. The average molecular weight is 546 g/mol. The topological polar surface area (TPSA) is 99.3 Å². The van der Waals surface area contributed by atoms with E-state index in [2.05, 4.69) is 45.9 Å². The molecule has 1 aromatic carbocycles. The normalized spacial score (nSPS) is 16.1. The van der Waals surface area contributed by atoms with Gasteiger partial charge in [-0.2, -0.15) is 0 Å². The van der Waals surface area contributed by atoms with Gasteiger partial charge in [0.25, 0.3) is 0 Å². The molecule has 0 aliphatic carbocycles. The molecule has 9 nitrogen and oxygen atoms in total. The Labute approximate surface area is 233 Å². The highest BCUT2D eigenvalue weighted by Gasteiger charge is 2.31. The third-order valence-electron chi connectivity index (χ3n) is 6.94. The summed E-state index contributed by atoms with van der Waals surface area (Å²) < 4.78 is 19.1. The number of carbonyl (C=O) groups excluding carboxylic acids is 1. The van der Waals surface area contributed by atoms with Crippen LogP contribution < -0.4 is 10.2 Å². The first kappa shape index (κ1) is 27.4. The summed E-state index contributed by atoms with van der Waals surface area (Å²) in [4.78, 5) is 34.0. The minimum Gasteiger partial charge on any atom is -0.444 e. The number of rotatable bonds is 5. The molecule has 1 saturated heterocycles. The molecule has 1 fully saturated rings. The second kappa shape index (κ2) is 10.7. The molecule has 0 radical (unpaired) electrons. The van der Waals surface area contributed by atoms with Crippen molar-refractivity contribution in [2.75, 3.05) is 29.9 Å². The molecule has 4 heterocycles. The SMILES string of the molecule is CC(C)c1cnc(-c2ccc(F)cc2)nc1Nc1ccnc2[nH]cc(N3CCN(C(=O)OC(C)(C)C)CC3C)c12. The number of halogens is 1. The van der Waals surface area contributed by atoms with Crippen LogP contribution in [-0.2, 0) is 4.74 Å². The van der Waals surface area contributed by atoms with Gasteiger partial charge in [-0.25, -0.2) is 24.1 Å². The van der Waals surface area contributed by atoms with Crippen LogP contribution in [0, 0.1) is 5.82 Å². The number of piperazine rings is 1. The van der Waals surface area contributed by atoms with Crippen LogP contribution in [0.2, 0.25) is 0 Å². The van der Waals surface area contributed by atoms with E-state index >= 15 is 0 Å². The maximum atomic E-state index is 13.5. The predicted molar refractivity (Wildman–Crippen MR) is 156 cm³/mol.